The van der Waals surface area contributed by atoms with Crippen LogP contribution in [0.25, 0.3) is 11.4 Å². The minimum absolute atomic E-state index is 0.277. The van der Waals surface area contributed by atoms with E-state index < -0.39 is 0 Å². The predicted molar refractivity (Wildman–Crippen MR) is 76.6 cm³/mol. The van der Waals surface area contributed by atoms with E-state index in [0.29, 0.717) is 21.8 Å². The molecular formula is C12H13Cl2N5. The lowest BCUT2D eigenvalue weighted by atomic mass is 10.2. The van der Waals surface area contributed by atoms with Crippen molar-refractivity contribution in [2.45, 2.75) is 19.9 Å². The van der Waals surface area contributed by atoms with Crippen molar-refractivity contribution in [2.24, 2.45) is 0 Å². The van der Waals surface area contributed by atoms with E-state index >= 15 is 0 Å². The third-order valence-corrected chi connectivity index (χ3v) is 3.48. The summed E-state index contributed by atoms with van der Waals surface area (Å²) >= 11 is 11.8. The Balaban J connectivity index is 2.29. The fraction of sp³-hybridized carbons (Fsp3) is 0.333. The highest BCUT2D eigenvalue weighted by Gasteiger charge is 2.11. The number of nitrogens with zero attached hydrogens (tertiary/aromatic N) is 5. The summed E-state index contributed by atoms with van der Waals surface area (Å²) in [4.78, 5) is 1.89. The highest BCUT2D eigenvalue weighted by atomic mass is 35.5. The van der Waals surface area contributed by atoms with E-state index in [-0.39, 0.29) is 6.04 Å². The Morgan fingerprint density at radius 3 is 2.16 bits per heavy atom. The summed E-state index contributed by atoms with van der Waals surface area (Å²) < 4.78 is 0. The van der Waals surface area contributed by atoms with Crippen LogP contribution in [0, 0.1) is 0 Å². The molecule has 1 aromatic carbocycles. The second kappa shape index (κ2) is 5.67. The molecule has 0 radical (unpaired) electrons. The molecule has 100 valence electrons. The third-order valence-electron chi connectivity index (χ3n) is 2.74. The zero-order valence-corrected chi connectivity index (χ0v) is 12.3. The quantitative estimate of drug-likeness (QED) is 0.871. The van der Waals surface area contributed by atoms with Gasteiger partial charge in [-0.1, -0.05) is 23.2 Å². The highest BCUT2D eigenvalue weighted by Crippen LogP contribution is 2.26. The second-order valence-corrected chi connectivity index (χ2v) is 5.17. The molecule has 1 aromatic heterocycles. The van der Waals surface area contributed by atoms with Crippen LogP contribution in [0.15, 0.2) is 18.2 Å². The lowest BCUT2D eigenvalue weighted by Crippen LogP contribution is -2.28. The van der Waals surface area contributed by atoms with Gasteiger partial charge >= 0.3 is 0 Å². The van der Waals surface area contributed by atoms with Crippen molar-refractivity contribution in [1.29, 1.82) is 0 Å². The van der Waals surface area contributed by atoms with Crippen molar-refractivity contribution in [2.75, 3.05) is 11.9 Å². The molecular weight excluding hydrogens is 285 g/mol. The highest BCUT2D eigenvalue weighted by molar-refractivity contribution is 6.42. The molecule has 0 aliphatic rings. The van der Waals surface area contributed by atoms with E-state index in [1.807, 2.05) is 25.8 Å². The van der Waals surface area contributed by atoms with Gasteiger partial charge in [-0.05, 0) is 32.0 Å². The number of benzene rings is 1. The smallest absolute Gasteiger partial charge is 0.264 e. The lowest BCUT2D eigenvalue weighted by molar-refractivity contribution is 0.700. The maximum Gasteiger partial charge on any atom is 0.264 e. The van der Waals surface area contributed by atoms with Crippen LogP contribution in [-0.4, -0.2) is 33.5 Å². The summed E-state index contributed by atoms with van der Waals surface area (Å²) in [5.74, 6) is 0.901. The van der Waals surface area contributed by atoms with Gasteiger partial charge in [-0.25, -0.2) is 0 Å². The number of hydrogen-bond donors (Lipinski definition) is 0. The molecule has 0 amide bonds. The Morgan fingerprint density at radius 2 is 1.63 bits per heavy atom. The number of rotatable bonds is 3. The van der Waals surface area contributed by atoms with E-state index in [0.717, 1.165) is 5.56 Å². The van der Waals surface area contributed by atoms with Crippen LogP contribution in [0.5, 0.6) is 0 Å². The molecule has 0 atom stereocenters. The summed E-state index contributed by atoms with van der Waals surface area (Å²) in [6, 6.07) is 5.43. The molecule has 0 saturated heterocycles. The van der Waals surface area contributed by atoms with Crippen LogP contribution in [0.3, 0.4) is 0 Å². The molecule has 19 heavy (non-hydrogen) atoms. The van der Waals surface area contributed by atoms with Crippen LogP contribution in [-0.2, 0) is 0 Å². The van der Waals surface area contributed by atoms with Crippen molar-refractivity contribution in [3.05, 3.63) is 28.2 Å². The van der Waals surface area contributed by atoms with Gasteiger partial charge in [0.15, 0.2) is 0 Å². The van der Waals surface area contributed by atoms with Crippen molar-refractivity contribution >= 4 is 29.2 Å². The monoisotopic (exact) mass is 297 g/mol. The maximum atomic E-state index is 5.95. The SMILES string of the molecule is CC(C)N(C)c1nnc(-c2ccc(Cl)c(Cl)c2)nn1. The number of halogens is 2. The van der Waals surface area contributed by atoms with E-state index in [4.69, 9.17) is 23.2 Å². The third kappa shape index (κ3) is 3.11. The van der Waals surface area contributed by atoms with Gasteiger partial charge < -0.3 is 4.90 Å². The van der Waals surface area contributed by atoms with Gasteiger partial charge in [-0.15, -0.1) is 20.4 Å². The van der Waals surface area contributed by atoms with Crippen LogP contribution < -0.4 is 4.90 Å². The summed E-state index contributed by atoms with van der Waals surface area (Å²) in [5.41, 5.74) is 0.730. The minimum atomic E-state index is 0.277. The van der Waals surface area contributed by atoms with Gasteiger partial charge in [-0.2, -0.15) is 0 Å². The molecule has 1 heterocycles. The van der Waals surface area contributed by atoms with Gasteiger partial charge in [0.25, 0.3) is 5.95 Å². The van der Waals surface area contributed by atoms with Crippen LogP contribution in [0.1, 0.15) is 13.8 Å². The maximum absolute atomic E-state index is 5.95. The molecule has 7 heteroatoms. The number of hydrogen-bond acceptors (Lipinski definition) is 5. The van der Waals surface area contributed by atoms with Crippen molar-refractivity contribution in [3.8, 4) is 11.4 Å². The summed E-state index contributed by atoms with van der Waals surface area (Å²) in [5, 5.41) is 17.2. The predicted octanol–water partition coefficient (Wildman–Crippen LogP) is 3.09. The summed E-state index contributed by atoms with van der Waals surface area (Å²) in [7, 11) is 1.89. The fourth-order valence-corrected chi connectivity index (χ4v) is 1.64. The number of aromatic nitrogens is 4. The average molecular weight is 298 g/mol. The van der Waals surface area contributed by atoms with Crippen molar-refractivity contribution in [3.63, 3.8) is 0 Å². The summed E-state index contributed by atoms with van der Waals surface area (Å²) in [6.07, 6.45) is 0. The second-order valence-electron chi connectivity index (χ2n) is 4.36. The number of anilines is 1. The normalized spacial score (nSPS) is 10.8. The van der Waals surface area contributed by atoms with Crippen LogP contribution in [0.4, 0.5) is 5.95 Å². The topological polar surface area (TPSA) is 54.8 Å². The Labute approximate surface area is 121 Å². The van der Waals surface area contributed by atoms with E-state index in [1.54, 1.807) is 18.2 Å². The Morgan fingerprint density at radius 1 is 1.00 bits per heavy atom. The molecule has 2 rings (SSSR count). The first-order valence-electron chi connectivity index (χ1n) is 5.74. The molecule has 0 fully saturated rings. The van der Waals surface area contributed by atoms with Crippen molar-refractivity contribution in [1.82, 2.24) is 20.4 Å². The molecule has 0 N–H and O–H groups in total. The first-order valence-corrected chi connectivity index (χ1v) is 6.50. The molecule has 0 bridgehead atoms. The largest absolute Gasteiger partial charge is 0.339 e. The average Bonchev–Trinajstić information content (AvgIpc) is 2.41. The van der Waals surface area contributed by atoms with Crippen molar-refractivity contribution < 1.29 is 0 Å². The Hall–Kier alpha value is -1.46. The molecule has 5 nitrogen and oxygen atoms in total. The molecule has 2 aromatic rings. The standard InChI is InChI=1S/C12H13Cl2N5/c1-7(2)19(3)12-17-15-11(16-18-12)8-4-5-9(13)10(14)6-8/h4-7H,1-3H3. The van der Waals surface area contributed by atoms with Gasteiger partial charge in [0.05, 0.1) is 10.0 Å². The van der Waals surface area contributed by atoms with E-state index in [2.05, 4.69) is 20.4 Å². The Kier molecular flexibility index (Phi) is 4.17. The van der Waals surface area contributed by atoms with Gasteiger partial charge in [0.2, 0.25) is 5.82 Å². The van der Waals surface area contributed by atoms with E-state index in [1.165, 1.54) is 0 Å². The van der Waals surface area contributed by atoms with Gasteiger partial charge in [0.1, 0.15) is 0 Å². The summed E-state index contributed by atoms with van der Waals surface area (Å²) in [6.45, 7) is 4.08. The molecule has 0 unspecified atom stereocenters. The first kappa shape index (κ1) is 14.0. The van der Waals surface area contributed by atoms with Gasteiger partial charge in [0, 0.05) is 18.7 Å². The minimum Gasteiger partial charge on any atom is -0.339 e. The molecule has 0 aliphatic carbocycles. The lowest BCUT2D eigenvalue weighted by Gasteiger charge is -2.19. The molecule has 0 aliphatic heterocycles. The van der Waals surface area contributed by atoms with Crippen LogP contribution >= 0.6 is 23.2 Å². The zero-order valence-electron chi connectivity index (χ0n) is 10.8. The molecule has 0 spiro atoms. The van der Waals surface area contributed by atoms with Gasteiger partial charge in [-0.3, -0.25) is 0 Å². The zero-order chi connectivity index (χ0) is 14.0. The first-order chi connectivity index (χ1) is 8.99. The Bertz CT molecular complexity index is 571. The fourth-order valence-electron chi connectivity index (χ4n) is 1.35. The van der Waals surface area contributed by atoms with E-state index in [9.17, 15) is 0 Å². The van der Waals surface area contributed by atoms with Crippen LogP contribution in [0.2, 0.25) is 10.0 Å². The molecule has 0 saturated carbocycles.